The van der Waals surface area contributed by atoms with E-state index >= 15 is 4.39 Å². The van der Waals surface area contributed by atoms with Crippen molar-refractivity contribution in [2.75, 3.05) is 13.7 Å². The largest absolute Gasteiger partial charge is 0.490 e. The van der Waals surface area contributed by atoms with Crippen LogP contribution >= 0.6 is 0 Å². The number of halogens is 1. The second-order valence-electron chi connectivity index (χ2n) is 10.5. The summed E-state index contributed by atoms with van der Waals surface area (Å²) in [7, 11) is 2.13. The second-order valence-corrected chi connectivity index (χ2v) is 10.5. The zero-order chi connectivity index (χ0) is 22.4. The molecule has 30 heavy (non-hydrogen) atoms. The van der Waals surface area contributed by atoms with E-state index in [-0.39, 0.29) is 12.0 Å². The Bertz CT molecular complexity index is 704. The zero-order valence-corrected chi connectivity index (χ0v) is 20.4. The molecule has 4 heteroatoms. The molecule has 2 rings (SSSR count). The molecule has 0 aliphatic heterocycles. The summed E-state index contributed by atoms with van der Waals surface area (Å²) in [6, 6.07) is 4.66. The van der Waals surface area contributed by atoms with E-state index in [0.717, 1.165) is 29.0 Å². The number of rotatable bonds is 9. The highest BCUT2D eigenvalue weighted by Gasteiger charge is 2.35. The van der Waals surface area contributed by atoms with Crippen LogP contribution in [-0.2, 0) is 0 Å². The zero-order valence-electron chi connectivity index (χ0n) is 20.4. The summed E-state index contributed by atoms with van der Waals surface area (Å²) >= 11 is 0. The molecule has 1 aliphatic carbocycles. The number of hydrogen-bond donors (Lipinski definition) is 0. The van der Waals surface area contributed by atoms with E-state index in [0.29, 0.717) is 18.9 Å². The van der Waals surface area contributed by atoms with Crippen LogP contribution < -0.4 is 4.74 Å². The molecule has 0 saturated heterocycles. The SMILES string of the molecule is CCCC(F)(COc1cc(C)c(N=CN(C)C2CCCCC2)cc1C)CC(C)(C)C. The van der Waals surface area contributed by atoms with Crippen molar-refractivity contribution >= 4 is 12.0 Å². The molecule has 1 saturated carbocycles. The van der Waals surface area contributed by atoms with Gasteiger partial charge in [-0.15, -0.1) is 0 Å². The summed E-state index contributed by atoms with van der Waals surface area (Å²) < 4.78 is 21.5. The van der Waals surface area contributed by atoms with E-state index in [1.807, 2.05) is 33.2 Å². The van der Waals surface area contributed by atoms with E-state index in [1.165, 1.54) is 32.1 Å². The van der Waals surface area contributed by atoms with E-state index in [9.17, 15) is 0 Å². The Hall–Kier alpha value is -1.58. The lowest BCUT2D eigenvalue weighted by atomic mass is 9.81. The third-order valence-corrected chi connectivity index (χ3v) is 6.05. The minimum absolute atomic E-state index is 0.0683. The van der Waals surface area contributed by atoms with E-state index < -0.39 is 5.67 Å². The highest BCUT2D eigenvalue weighted by atomic mass is 19.1. The first-order valence-corrected chi connectivity index (χ1v) is 11.7. The highest BCUT2D eigenvalue weighted by Crippen LogP contribution is 2.35. The summed E-state index contributed by atoms with van der Waals surface area (Å²) in [6.45, 7) is 12.5. The third kappa shape index (κ3) is 7.59. The van der Waals surface area contributed by atoms with Crippen LogP contribution in [0.4, 0.5) is 10.1 Å². The van der Waals surface area contributed by atoms with Crippen molar-refractivity contribution in [1.29, 1.82) is 0 Å². The Morgan fingerprint density at radius 3 is 2.40 bits per heavy atom. The number of aliphatic imine (C=N–C) groups is 1. The standard InChI is InChI=1S/C26H43FN2O/c1-8-14-26(27,17-25(4,5)6)18-30-24-16-20(2)23(15-21(24)3)28-19-29(7)22-12-10-9-11-13-22/h15-16,19,22H,8-14,17-18H2,1-7H3. The summed E-state index contributed by atoms with van der Waals surface area (Å²) in [4.78, 5) is 7.00. The smallest absolute Gasteiger partial charge is 0.145 e. The van der Waals surface area contributed by atoms with Crippen LogP contribution in [0.15, 0.2) is 17.1 Å². The number of alkyl halides is 1. The average Bonchev–Trinajstić information content (AvgIpc) is 2.66. The quantitative estimate of drug-likeness (QED) is 0.305. The predicted molar refractivity (Wildman–Crippen MR) is 127 cm³/mol. The molecule has 170 valence electrons. The Morgan fingerprint density at radius 2 is 1.80 bits per heavy atom. The molecule has 0 bridgehead atoms. The van der Waals surface area contributed by atoms with Crippen LogP contribution in [0.5, 0.6) is 5.75 Å². The fourth-order valence-corrected chi connectivity index (χ4v) is 4.62. The van der Waals surface area contributed by atoms with Crippen molar-refractivity contribution in [2.24, 2.45) is 10.4 Å². The topological polar surface area (TPSA) is 24.8 Å². The molecule has 0 radical (unpaired) electrons. The summed E-state index contributed by atoms with van der Waals surface area (Å²) in [5.74, 6) is 0.763. The second kappa shape index (κ2) is 10.6. The van der Waals surface area contributed by atoms with Gasteiger partial charge >= 0.3 is 0 Å². The molecule has 3 nitrogen and oxygen atoms in total. The lowest BCUT2D eigenvalue weighted by Gasteiger charge is -2.32. The first-order chi connectivity index (χ1) is 14.0. The molecule has 0 aromatic heterocycles. The van der Waals surface area contributed by atoms with Crippen molar-refractivity contribution in [3.63, 3.8) is 0 Å². The van der Waals surface area contributed by atoms with Crippen molar-refractivity contribution in [3.05, 3.63) is 23.3 Å². The van der Waals surface area contributed by atoms with Crippen molar-refractivity contribution in [3.8, 4) is 5.75 Å². The fourth-order valence-electron chi connectivity index (χ4n) is 4.62. The molecule has 0 N–H and O–H groups in total. The van der Waals surface area contributed by atoms with Gasteiger partial charge in [0.2, 0.25) is 0 Å². The first kappa shape index (κ1) is 24.7. The molecule has 1 unspecified atom stereocenters. The Labute approximate surface area is 184 Å². The van der Waals surface area contributed by atoms with Crippen LogP contribution in [0.25, 0.3) is 0 Å². The predicted octanol–water partition coefficient (Wildman–Crippen LogP) is 7.55. The Kier molecular flexibility index (Phi) is 8.75. The van der Waals surface area contributed by atoms with Gasteiger partial charge in [0.25, 0.3) is 0 Å². The minimum Gasteiger partial charge on any atom is -0.490 e. The van der Waals surface area contributed by atoms with E-state index in [4.69, 9.17) is 9.73 Å². The Morgan fingerprint density at radius 1 is 1.13 bits per heavy atom. The van der Waals surface area contributed by atoms with Crippen LogP contribution in [0.1, 0.15) is 90.2 Å². The van der Waals surface area contributed by atoms with Gasteiger partial charge in [-0.1, -0.05) is 53.4 Å². The summed E-state index contributed by atoms with van der Waals surface area (Å²) in [5, 5.41) is 0. The van der Waals surface area contributed by atoms with Crippen LogP contribution in [0, 0.1) is 19.3 Å². The molecule has 1 atom stereocenters. The van der Waals surface area contributed by atoms with E-state index in [2.05, 4.69) is 38.8 Å². The van der Waals surface area contributed by atoms with Gasteiger partial charge in [-0.05, 0) is 68.2 Å². The fraction of sp³-hybridized carbons (Fsp3) is 0.731. The molecule has 1 fully saturated rings. The number of aryl methyl sites for hydroxylation is 2. The van der Waals surface area contributed by atoms with Gasteiger partial charge < -0.3 is 9.64 Å². The molecule has 0 heterocycles. The van der Waals surface area contributed by atoms with Crippen LogP contribution in [0.3, 0.4) is 0 Å². The van der Waals surface area contributed by atoms with Crippen molar-refractivity contribution in [1.82, 2.24) is 4.90 Å². The third-order valence-electron chi connectivity index (χ3n) is 6.05. The maximum atomic E-state index is 15.5. The van der Waals surface area contributed by atoms with Gasteiger partial charge in [0.15, 0.2) is 0 Å². The molecule has 1 aromatic carbocycles. The van der Waals surface area contributed by atoms with Gasteiger partial charge in [-0.25, -0.2) is 9.38 Å². The molecule has 1 aliphatic rings. The van der Waals surface area contributed by atoms with Crippen molar-refractivity contribution in [2.45, 2.75) is 105 Å². The normalized spacial score (nSPS) is 17.9. The molecule has 0 spiro atoms. The lowest BCUT2D eigenvalue weighted by Crippen LogP contribution is -2.35. The average molecular weight is 419 g/mol. The Balaban J connectivity index is 2.07. The van der Waals surface area contributed by atoms with E-state index in [1.54, 1.807) is 0 Å². The molecular formula is C26H43FN2O. The van der Waals surface area contributed by atoms with Gasteiger partial charge in [-0.2, -0.15) is 0 Å². The van der Waals surface area contributed by atoms with Gasteiger partial charge in [0.1, 0.15) is 18.0 Å². The number of benzene rings is 1. The maximum Gasteiger partial charge on any atom is 0.145 e. The van der Waals surface area contributed by atoms with Crippen LogP contribution in [0.2, 0.25) is 0 Å². The first-order valence-electron chi connectivity index (χ1n) is 11.7. The van der Waals surface area contributed by atoms with Crippen LogP contribution in [-0.4, -0.2) is 36.6 Å². The number of nitrogens with zero attached hydrogens (tertiary/aromatic N) is 2. The summed E-state index contributed by atoms with van der Waals surface area (Å²) in [6.07, 6.45) is 10.3. The van der Waals surface area contributed by atoms with Crippen molar-refractivity contribution < 1.29 is 9.13 Å². The van der Waals surface area contributed by atoms with Gasteiger partial charge in [0.05, 0.1) is 12.0 Å². The monoisotopic (exact) mass is 418 g/mol. The maximum absolute atomic E-state index is 15.5. The number of hydrogen-bond acceptors (Lipinski definition) is 2. The molecule has 0 amide bonds. The lowest BCUT2D eigenvalue weighted by molar-refractivity contribution is 0.0350. The molecular weight excluding hydrogens is 375 g/mol. The highest BCUT2D eigenvalue weighted by molar-refractivity contribution is 5.65. The minimum atomic E-state index is -1.30. The number of ether oxygens (including phenoxy) is 1. The molecule has 1 aromatic rings. The summed E-state index contributed by atoms with van der Waals surface area (Å²) in [5.41, 5.74) is 1.65. The van der Waals surface area contributed by atoms with Gasteiger partial charge in [-0.3, -0.25) is 0 Å². The van der Waals surface area contributed by atoms with Gasteiger partial charge in [0, 0.05) is 13.1 Å².